The van der Waals surface area contributed by atoms with Gasteiger partial charge in [-0.05, 0) is 144 Å². The maximum Gasteiger partial charge on any atom is 0.227 e. The molecule has 8 aromatic carbocycles. The zero-order chi connectivity index (χ0) is 40.3. The lowest BCUT2D eigenvalue weighted by molar-refractivity contribution is 0.619. The van der Waals surface area contributed by atoms with Crippen LogP contribution in [0.15, 0.2) is 209 Å². The first-order valence-corrected chi connectivity index (χ1v) is 20.9. The summed E-state index contributed by atoms with van der Waals surface area (Å²) in [5, 5.41) is 4.84. The highest BCUT2D eigenvalue weighted by Crippen LogP contribution is 2.43. The number of fused-ring (bicyclic) bond motifs is 6. The average Bonchev–Trinajstić information content (AvgIpc) is 4.05. The molecule has 0 aliphatic rings. The zero-order valence-corrected chi connectivity index (χ0v) is 33.3. The topological polar surface area (TPSA) is 71.4 Å². The minimum Gasteiger partial charge on any atom is -0.436 e. The summed E-state index contributed by atoms with van der Waals surface area (Å²) in [4.78, 5) is 18.7. The lowest BCUT2D eigenvalue weighted by atomic mass is 10.0. The maximum absolute atomic E-state index is 6.08. The molecule has 61 heavy (non-hydrogen) atoms. The molecule has 0 saturated carbocycles. The second-order valence-corrected chi connectivity index (χ2v) is 16.0. The first-order chi connectivity index (χ1) is 30.2. The van der Waals surface area contributed by atoms with E-state index in [1.54, 1.807) is 0 Å². The number of aromatic nitrogens is 3. The van der Waals surface area contributed by atoms with E-state index in [2.05, 4.69) is 137 Å². The number of rotatable bonds is 8. The Balaban J connectivity index is 0.903. The first-order valence-electron chi connectivity index (χ1n) is 20.1. The quantitative estimate of drug-likeness (QED) is 0.151. The molecule has 0 bridgehead atoms. The Labute approximate surface area is 354 Å². The average molecular weight is 804 g/mol. The van der Waals surface area contributed by atoms with Crippen LogP contribution in [-0.4, -0.2) is 15.0 Å². The summed E-state index contributed by atoms with van der Waals surface area (Å²) >= 11 is 1.81. The number of para-hydroxylation sites is 5. The Morgan fingerprint density at radius 1 is 0.393 bits per heavy atom. The predicted molar refractivity (Wildman–Crippen MR) is 250 cm³/mol. The van der Waals surface area contributed by atoms with Crippen molar-refractivity contribution >= 4 is 98.7 Å². The molecule has 12 rings (SSSR count). The SMILES string of the molecule is c1ccc(N(c2ccc(-c3nc4ccccc4o3)cc2)c2ccc3cc4c(cc3c2)sc2cc(N(c3ccc(-c5nc6ccccc6o5)cc3)c3ccccn3)ccc24)cc1. The number of thiophene rings is 1. The molecule has 0 saturated heterocycles. The molecule has 8 heteroatoms. The summed E-state index contributed by atoms with van der Waals surface area (Å²) < 4.78 is 14.6. The van der Waals surface area contributed by atoms with Crippen molar-refractivity contribution in [3.8, 4) is 22.9 Å². The third-order valence-corrected chi connectivity index (χ3v) is 12.3. The van der Waals surface area contributed by atoms with Crippen molar-refractivity contribution in [1.82, 2.24) is 15.0 Å². The van der Waals surface area contributed by atoms with Crippen LogP contribution in [0, 0.1) is 0 Å². The van der Waals surface area contributed by atoms with Gasteiger partial charge in [0.05, 0.1) is 0 Å². The summed E-state index contributed by atoms with van der Waals surface area (Å²) in [7, 11) is 0. The third-order valence-electron chi connectivity index (χ3n) is 11.1. The summed E-state index contributed by atoms with van der Waals surface area (Å²) in [6.07, 6.45) is 1.83. The highest BCUT2D eigenvalue weighted by molar-refractivity contribution is 7.26. The summed E-state index contributed by atoms with van der Waals surface area (Å²) in [6, 6.07) is 67.1. The van der Waals surface area contributed by atoms with Gasteiger partial charge in [-0.1, -0.05) is 60.7 Å². The molecule has 0 unspecified atom stereocenters. The minimum absolute atomic E-state index is 0.600. The van der Waals surface area contributed by atoms with Crippen LogP contribution < -0.4 is 9.80 Å². The fraction of sp³-hybridized carbons (Fsp3) is 0. The van der Waals surface area contributed by atoms with Gasteiger partial charge in [-0.15, -0.1) is 11.3 Å². The molecule has 4 aromatic heterocycles. The molecule has 12 aromatic rings. The van der Waals surface area contributed by atoms with Gasteiger partial charge in [-0.3, -0.25) is 4.90 Å². The van der Waals surface area contributed by atoms with Crippen molar-refractivity contribution in [3.05, 3.63) is 200 Å². The molecule has 0 fully saturated rings. The van der Waals surface area contributed by atoms with E-state index < -0.39 is 0 Å². The Kier molecular flexibility index (Phi) is 8.21. The van der Waals surface area contributed by atoms with Gasteiger partial charge < -0.3 is 13.7 Å². The second-order valence-electron chi connectivity index (χ2n) is 14.9. The van der Waals surface area contributed by atoms with Gasteiger partial charge >= 0.3 is 0 Å². The monoisotopic (exact) mass is 803 g/mol. The van der Waals surface area contributed by atoms with E-state index in [1.165, 1.54) is 30.9 Å². The van der Waals surface area contributed by atoms with E-state index in [9.17, 15) is 0 Å². The molecule has 0 amide bonds. The van der Waals surface area contributed by atoms with Crippen LogP contribution in [0.3, 0.4) is 0 Å². The van der Waals surface area contributed by atoms with E-state index in [0.29, 0.717) is 11.8 Å². The minimum atomic E-state index is 0.600. The number of benzene rings is 8. The van der Waals surface area contributed by atoms with E-state index in [1.807, 2.05) is 84.3 Å². The Bertz CT molecular complexity index is 3310. The molecule has 0 radical (unpaired) electrons. The predicted octanol–water partition coefficient (Wildman–Crippen LogP) is 15.2. The number of anilines is 6. The number of pyridine rings is 1. The maximum atomic E-state index is 6.08. The number of oxazole rings is 2. The Morgan fingerprint density at radius 3 is 1.61 bits per heavy atom. The summed E-state index contributed by atoms with van der Waals surface area (Å²) in [6.45, 7) is 0. The smallest absolute Gasteiger partial charge is 0.227 e. The lowest BCUT2D eigenvalue weighted by Gasteiger charge is -2.26. The molecule has 0 aliphatic carbocycles. The van der Waals surface area contributed by atoms with Crippen molar-refractivity contribution < 1.29 is 8.83 Å². The molecule has 288 valence electrons. The molecule has 0 spiro atoms. The molecule has 7 nitrogen and oxygen atoms in total. The molecule has 0 atom stereocenters. The van der Waals surface area contributed by atoms with Crippen molar-refractivity contribution in [1.29, 1.82) is 0 Å². The third kappa shape index (κ3) is 6.25. The fourth-order valence-electron chi connectivity index (χ4n) is 8.20. The van der Waals surface area contributed by atoms with Crippen LogP contribution >= 0.6 is 11.3 Å². The highest BCUT2D eigenvalue weighted by atomic mass is 32.1. The standard InChI is InChI=1S/C53H33N5O2S/c1-2-10-38(11-3-1)57(39-22-17-34(18-23-39)52-55-45-12-4-6-14-47(45)59-52)41-26-21-36-31-44-43-28-27-42(33-50(43)61-49(44)32-37(36)30-41)58(51-16-8-9-29-54-51)40-24-19-35(20-25-40)53-56-46-13-5-7-15-48(46)60-53/h1-33H. The van der Waals surface area contributed by atoms with Crippen molar-refractivity contribution in [2.75, 3.05) is 9.80 Å². The van der Waals surface area contributed by atoms with Gasteiger partial charge in [0, 0.05) is 65.9 Å². The summed E-state index contributed by atoms with van der Waals surface area (Å²) in [5.41, 5.74) is 10.3. The molecule has 4 heterocycles. The van der Waals surface area contributed by atoms with Crippen LogP contribution in [0.25, 0.3) is 76.1 Å². The highest BCUT2D eigenvalue weighted by Gasteiger charge is 2.19. The van der Waals surface area contributed by atoms with E-state index >= 15 is 0 Å². The fourth-order valence-corrected chi connectivity index (χ4v) is 9.36. The van der Waals surface area contributed by atoms with Crippen LogP contribution in [0.5, 0.6) is 0 Å². The van der Waals surface area contributed by atoms with Crippen molar-refractivity contribution in [2.24, 2.45) is 0 Å². The Hall–Kier alpha value is -8.07. The molecular weight excluding hydrogens is 771 g/mol. The number of hydrogen-bond donors (Lipinski definition) is 0. The van der Waals surface area contributed by atoms with Gasteiger partial charge in [0.2, 0.25) is 11.8 Å². The van der Waals surface area contributed by atoms with Crippen LogP contribution in [-0.2, 0) is 0 Å². The van der Waals surface area contributed by atoms with E-state index in [0.717, 1.165) is 67.6 Å². The van der Waals surface area contributed by atoms with Gasteiger partial charge in [0.1, 0.15) is 16.9 Å². The first kappa shape index (κ1) is 34.9. The van der Waals surface area contributed by atoms with Gasteiger partial charge in [-0.25, -0.2) is 15.0 Å². The van der Waals surface area contributed by atoms with Gasteiger partial charge in [0.15, 0.2) is 11.2 Å². The van der Waals surface area contributed by atoms with Gasteiger partial charge in [-0.2, -0.15) is 0 Å². The largest absolute Gasteiger partial charge is 0.436 e. The van der Waals surface area contributed by atoms with E-state index in [-0.39, 0.29) is 0 Å². The van der Waals surface area contributed by atoms with Crippen LogP contribution in [0.4, 0.5) is 34.3 Å². The van der Waals surface area contributed by atoms with Crippen LogP contribution in [0.2, 0.25) is 0 Å². The zero-order valence-electron chi connectivity index (χ0n) is 32.5. The van der Waals surface area contributed by atoms with Crippen molar-refractivity contribution in [3.63, 3.8) is 0 Å². The van der Waals surface area contributed by atoms with Crippen molar-refractivity contribution in [2.45, 2.75) is 0 Å². The normalized spacial score (nSPS) is 11.6. The second kappa shape index (κ2) is 14.3. The Morgan fingerprint density at radius 2 is 0.951 bits per heavy atom. The van der Waals surface area contributed by atoms with Gasteiger partial charge in [0.25, 0.3) is 0 Å². The summed E-state index contributed by atoms with van der Waals surface area (Å²) in [5.74, 6) is 2.04. The molecular formula is C53H33N5O2S. The number of hydrogen-bond acceptors (Lipinski definition) is 8. The van der Waals surface area contributed by atoms with Crippen LogP contribution in [0.1, 0.15) is 0 Å². The lowest BCUT2D eigenvalue weighted by Crippen LogP contribution is -2.11. The molecule has 0 N–H and O–H groups in total. The number of nitrogens with zero attached hydrogens (tertiary/aromatic N) is 5. The van der Waals surface area contributed by atoms with E-state index in [4.69, 9.17) is 23.8 Å². The molecule has 0 aliphatic heterocycles.